The molecule has 3 heteroatoms. The van der Waals surface area contributed by atoms with Gasteiger partial charge in [-0.1, -0.05) is 47.1 Å². The zero-order valence-corrected chi connectivity index (χ0v) is 12.7. The van der Waals surface area contributed by atoms with Gasteiger partial charge in [0.1, 0.15) is 5.82 Å². The molecule has 0 fully saturated rings. The molecule has 0 aliphatic heterocycles. The first-order chi connectivity index (χ1) is 9.13. The van der Waals surface area contributed by atoms with Crippen LogP contribution in [0.15, 0.2) is 46.9 Å². The smallest absolute Gasteiger partial charge is 0.128 e. The summed E-state index contributed by atoms with van der Waals surface area (Å²) < 4.78 is 15.0. The monoisotopic (exact) mass is 321 g/mol. The van der Waals surface area contributed by atoms with Gasteiger partial charge in [0.2, 0.25) is 0 Å². The Kier molecular flexibility index (Phi) is 4.72. The van der Waals surface area contributed by atoms with Gasteiger partial charge in [0, 0.05) is 10.0 Å². The molecular formula is C16H17BrFN. The Morgan fingerprint density at radius 1 is 1.16 bits per heavy atom. The SMILES string of the molecule is CCNC(c1cc(Br)ccc1C)c1ccccc1F. The van der Waals surface area contributed by atoms with Crippen LogP contribution >= 0.6 is 15.9 Å². The van der Waals surface area contributed by atoms with Crippen LogP contribution in [0.5, 0.6) is 0 Å². The van der Waals surface area contributed by atoms with Crippen molar-refractivity contribution >= 4 is 15.9 Å². The van der Waals surface area contributed by atoms with Gasteiger partial charge in [0.25, 0.3) is 0 Å². The molecule has 0 aromatic heterocycles. The maximum Gasteiger partial charge on any atom is 0.128 e. The highest BCUT2D eigenvalue weighted by Crippen LogP contribution is 2.29. The fraction of sp³-hybridized carbons (Fsp3) is 0.250. The zero-order valence-electron chi connectivity index (χ0n) is 11.1. The molecule has 0 saturated heterocycles. The van der Waals surface area contributed by atoms with Gasteiger partial charge in [-0.15, -0.1) is 0 Å². The summed E-state index contributed by atoms with van der Waals surface area (Å²) in [4.78, 5) is 0. The van der Waals surface area contributed by atoms with Crippen LogP contribution in [0.25, 0.3) is 0 Å². The van der Waals surface area contributed by atoms with Crippen LogP contribution in [0.1, 0.15) is 29.7 Å². The number of aryl methyl sites for hydroxylation is 1. The highest BCUT2D eigenvalue weighted by Gasteiger charge is 2.18. The van der Waals surface area contributed by atoms with E-state index in [0.29, 0.717) is 5.56 Å². The first-order valence-corrected chi connectivity index (χ1v) is 7.16. The van der Waals surface area contributed by atoms with E-state index in [1.807, 2.05) is 38.1 Å². The van der Waals surface area contributed by atoms with Gasteiger partial charge in [0.05, 0.1) is 6.04 Å². The maximum absolute atomic E-state index is 14.0. The highest BCUT2D eigenvalue weighted by molar-refractivity contribution is 9.10. The lowest BCUT2D eigenvalue weighted by Crippen LogP contribution is -2.23. The van der Waals surface area contributed by atoms with Crippen molar-refractivity contribution in [3.05, 3.63) is 69.4 Å². The van der Waals surface area contributed by atoms with E-state index in [9.17, 15) is 4.39 Å². The van der Waals surface area contributed by atoms with E-state index in [0.717, 1.165) is 22.1 Å². The standard InChI is InChI=1S/C16H17BrFN/c1-3-19-16(13-6-4-5-7-15(13)18)14-10-12(17)9-8-11(14)2/h4-10,16,19H,3H2,1-2H3. The molecule has 1 atom stereocenters. The van der Waals surface area contributed by atoms with Crippen LogP contribution < -0.4 is 5.32 Å². The molecule has 0 saturated carbocycles. The van der Waals surface area contributed by atoms with E-state index in [-0.39, 0.29) is 11.9 Å². The molecule has 1 nitrogen and oxygen atoms in total. The number of hydrogen-bond donors (Lipinski definition) is 1. The van der Waals surface area contributed by atoms with Crippen LogP contribution in [0.3, 0.4) is 0 Å². The lowest BCUT2D eigenvalue weighted by atomic mass is 9.94. The topological polar surface area (TPSA) is 12.0 Å². The van der Waals surface area contributed by atoms with Gasteiger partial charge in [-0.25, -0.2) is 4.39 Å². The maximum atomic E-state index is 14.0. The van der Waals surface area contributed by atoms with Crippen molar-refractivity contribution in [1.29, 1.82) is 0 Å². The molecule has 0 radical (unpaired) electrons. The van der Waals surface area contributed by atoms with Crippen molar-refractivity contribution in [3.63, 3.8) is 0 Å². The molecular weight excluding hydrogens is 305 g/mol. The van der Waals surface area contributed by atoms with Gasteiger partial charge in [-0.3, -0.25) is 0 Å². The summed E-state index contributed by atoms with van der Waals surface area (Å²) in [6, 6.07) is 12.9. The van der Waals surface area contributed by atoms with Crippen molar-refractivity contribution in [1.82, 2.24) is 5.32 Å². The fourth-order valence-electron chi connectivity index (χ4n) is 2.22. The number of nitrogens with one attached hydrogen (secondary N) is 1. The van der Waals surface area contributed by atoms with Crippen molar-refractivity contribution in [2.45, 2.75) is 19.9 Å². The van der Waals surface area contributed by atoms with Crippen molar-refractivity contribution in [2.24, 2.45) is 0 Å². The molecule has 19 heavy (non-hydrogen) atoms. The van der Waals surface area contributed by atoms with E-state index in [2.05, 4.69) is 27.3 Å². The van der Waals surface area contributed by atoms with Crippen molar-refractivity contribution in [3.8, 4) is 0 Å². The Hall–Kier alpha value is -1.19. The van der Waals surface area contributed by atoms with Gasteiger partial charge in [-0.2, -0.15) is 0 Å². The third-order valence-electron chi connectivity index (χ3n) is 3.18. The molecule has 2 rings (SSSR count). The lowest BCUT2D eigenvalue weighted by molar-refractivity contribution is 0.557. The Bertz CT molecular complexity index is 568. The van der Waals surface area contributed by atoms with E-state index >= 15 is 0 Å². The predicted octanol–water partition coefficient (Wildman–Crippen LogP) is 4.60. The fourth-order valence-corrected chi connectivity index (χ4v) is 2.60. The molecule has 1 N–H and O–H groups in total. The molecule has 0 bridgehead atoms. The average molecular weight is 322 g/mol. The Labute approximate surface area is 122 Å². The van der Waals surface area contributed by atoms with Crippen LogP contribution in [-0.4, -0.2) is 6.54 Å². The molecule has 0 spiro atoms. The zero-order chi connectivity index (χ0) is 13.8. The Balaban J connectivity index is 2.51. The molecule has 2 aromatic rings. The van der Waals surface area contributed by atoms with Crippen LogP contribution in [0.2, 0.25) is 0 Å². The Morgan fingerprint density at radius 2 is 1.89 bits per heavy atom. The normalized spacial score (nSPS) is 12.4. The summed E-state index contributed by atoms with van der Waals surface area (Å²) in [7, 11) is 0. The minimum atomic E-state index is -0.173. The third kappa shape index (κ3) is 3.23. The van der Waals surface area contributed by atoms with Crippen molar-refractivity contribution in [2.75, 3.05) is 6.54 Å². The number of benzene rings is 2. The van der Waals surface area contributed by atoms with E-state index < -0.39 is 0 Å². The molecule has 0 heterocycles. The second-order valence-electron chi connectivity index (χ2n) is 4.51. The largest absolute Gasteiger partial charge is 0.306 e. The summed E-state index contributed by atoms with van der Waals surface area (Å²) in [5.74, 6) is -0.173. The number of hydrogen-bond acceptors (Lipinski definition) is 1. The second kappa shape index (κ2) is 6.31. The van der Waals surface area contributed by atoms with Gasteiger partial charge in [-0.05, 0) is 42.8 Å². The first kappa shape index (κ1) is 14.2. The van der Waals surface area contributed by atoms with E-state index in [1.54, 1.807) is 6.07 Å². The van der Waals surface area contributed by atoms with Crippen LogP contribution in [0, 0.1) is 12.7 Å². The van der Waals surface area contributed by atoms with Gasteiger partial charge < -0.3 is 5.32 Å². The third-order valence-corrected chi connectivity index (χ3v) is 3.67. The second-order valence-corrected chi connectivity index (χ2v) is 5.43. The van der Waals surface area contributed by atoms with Gasteiger partial charge in [0.15, 0.2) is 0 Å². The summed E-state index contributed by atoms with van der Waals surface area (Å²) >= 11 is 3.49. The summed E-state index contributed by atoms with van der Waals surface area (Å²) in [5, 5.41) is 3.36. The van der Waals surface area contributed by atoms with Crippen molar-refractivity contribution < 1.29 is 4.39 Å². The predicted molar refractivity (Wildman–Crippen MR) is 80.8 cm³/mol. The molecule has 0 aliphatic rings. The summed E-state index contributed by atoms with van der Waals surface area (Å²) in [6.45, 7) is 4.86. The molecule has 1 unspecified atom stereocenters. The molecule has 100 valence electrons. The highest BCUT2D eigenvalue weighted by atomic mass is 79.9. The van der Waals surface area contributed by atoms with Crippen LogP contribution in [-0.2, 0) is 0 Å². The molecule has 0 amide bonds. The minimum absolute atomic E-state index is 0.122. The molecule has 2 aromatic carbocycles. The lowest BCUT2D eigenvalue weighted by Gasteiger charge is -2.21. The summed E-state index contributed by atoms with van der Waals surface area (Å²) in [5.41, 5.74) is 2.93. The quantitative estimate of drug-likeness (QED) is 0.868. The van der Waals surface area contributed by atoms with E-state index in [4.69, 9.17) is 0 Å². The summed E-state index contributed by atoms with van der Waals surface area (Å²) in [6.07, 6.45) is 0. The number of halogens is 2. The average Bonchev–Trinajstić information content (AvgIpc) is 2.40. The van der Waals surface area contributed by atoms with Crippen LogP contribution in [0.4, 0.5) is 4.39 Å². The van der Waals surface area contributed by atoms with E-state index in [1.165, 1.54) is 6.07 Å². The molecule has 0 aliphatic carbocycles. The minimum Gasteiger partial charge on any atom is -0.306 e. The first-order valence-electron chi connectivity index (χ1n) is 6.37. The number of rotatable bonds is 4. The Morgan fingerprint density at radius 3 is 2.58 bits per heavy atom. The van der Waals surface area contributed by atoms with Gasteiger partial charge >= 0.3 is 0 Å².